The monoisotopic (exact) mass is 516 g/mol. The smallest absolute Gasteiger partial charge is 0.150 e. The number of rotatable bonds is 10. The number of aryl methyl sites for hydroxylation is 2. The lowest BCUT2D eigenvalue weighted by molar-refractivity contribution is 0.112. The summed E-state index contributed by atoms with van der Waals surface area (Å²) in [6, 6.07) is 20.1. The predicted molar refractivity (Wildman–Crippen MR) is 167 cm³/mol. The molecule has 0 heterocycles. The molecule has 0 saturated heterocycles. The maximum atomic E-state index is 10.6. The summed E-state index contributed by atoms with van der Waals surface area (Å²) in [7, 11) is 1.65. The maximum Gasteiger partial charge on any atom is 0.150 e. The Bertz CT molecular complexity index is 1140. The maximum absolute atomic E-state index is 10.6. The van der Waals surface area contributed by atoms with E-state index in [1.807, 2.05) is 44.2 Å². The van der Waals surface area contributed by atoms with Gasteiger partial charge in [-0.25, -0.2) is 0 Å². The van der Waals surface area contributed by atoms with E-state index in [1.54, 1.807) is 7.05 Å². The van der Waals surface area contributed by atoms with Crippen molar-refractivity contribution in [1.82, 2.24) is 0 Å². The average Bonchev–Trinajstić information content (AvgIpc) is 2.94. The molecule has 0 radical (unpaired) electrons. The van der Waals surface area contributed by atoms with Crippen molar-refractivity contribution < 1.29 is 4.79 Å². The van der Waals surface area contributed by atoms with Gasteiger partial charge in [-0.3, -0.25) is 9.79 Å². The Kier molecular flexibility index (Phi) is 15.2. The summed E-state index contributed by atoms with van der Waals surface area (Å²) in [6.45, 7) is 12.6. The van der Waals surface area contributed by atoms with Crippen LogP contribution in [0.5, 0.6) is 0 Å². The molecule has 0 spiro atoms. The van der Waals surface area contributed by atoms with Gasteiger partial charge in [-0.05, 0) is 68.0 Å². The van der Waals surface area contributed by atoms with Gasteiger partial charge in [0.2, 0.25) is 0 Å². The van der Waals surface area contributed by atoms with Crippen LogP contribution in [0.2, 0.25) is 0 Å². The molecule has 206 valence electrons. The first-order valence-corrected chi connectivity index (χ1v) is 13.8. The number of nitrogens with two attached hydrogens (primary N) is 2. The summed E-state index contributed by atoms with van der Waals surface area (Å²) < 4.78 is 0. The highest BCUT2D eigenvalue weighted by Crippen LogP contribution is 2.27. The SMILES string of the molecule is CC.CCCCC(CCC)c1ccc(C=O)cc1.CN=C(N)c1ccc(Nc2ccc(C)cc2C)cc1N. The van der Waals surface area contributed by atoms with Gasteiger partial charge in [0, 0.05) is 35.2 Å². The van der Waals surface area contributed by atoms with Gasteiger partial charge in [0.1, 0.15) is 12.1 Å². The molecule has 5 N–H and O–H groups in total. The quantitative estimate of drug-likeness (QED) is 0.109. The van der Waals surface area contributed by atoms with Crippen molar-refractivity contribution in [3.63, 3.8) is 0 Å². The summed E-state index contributed by atoms with van der Waals surface area (Å²) in [5.41, 5.74) is 19.8. The molecular formula is C33H48N4O. The van der Waals surface area contributed by atoms with Crippen molar-refractivity contribution in [2.75, 3.05) is 18.1 Å². The lowest BCUT2D eigenvalue weighted by Crippen LogP contribution is -2.15. The Labute approximate surface area is 230 Å². The molecule has 3 rings (SSSR count). The minimum Gasteiger partial charge on any atom is -0.398 e. The van der Waals surface area contributed by atoms with Crippen molar-refractivity contribution in [1.29, 1.82) is 0 Å². The molecule has 1 unspecified atom stereocenters. The van der Waals surface area contributed by atoms with Gasteiger partial charge < -0.3 is 16.8 Å². The van der Waals surface area contributed by atoms with Crippen molar-refractivity contribution in [2.24, 2.45) is 10.7 Å². The van der Waals surface area contributed by atoms with Crippen molar-refractivity contribution in [2.45, 2.75) is 79.6 Å². The molecule has 5 heteroatoms. The number of anilines is 3. The summed E-state index contributed by atoms with van der Waals surface area (Å²) in [4.78, 5) is 14.5. The van der Waals surface area contributed by atoms with E-state index in [4.69, 9.17) is 11.5 Å². The van der Waals surface area contributed by atoms with Gasteiger partial charge in [0.05, 0.1) is 0 Å². The summed E-state index contributed by atoms with van der Waals surface area (Å²) in [5.74, 6) is 1.12. The summed E-state index contributed by atoms with van der Waals surface area (Å²) >= 11 is 0. The Hall–Kier alpha value is -3.60. The van der Waals surface area contributed by atoms with E-state index in [0.29, 0.717) is 17.4 Å². The zero-order valence-electron chi connectivity index (χ0n) is 24.5. The first kappa shape index (κ1) is 32.4. The van der Waals surface area contributed by atoms with Crippen molar-refractivity contribution in [3.8, 4) is 0 Å². The second-order valence-electron chi connectivity index (χ2n) is 9.27. The molecule has 0 bridgehead atoms. The van der Waals surface area contributed by atoms with Crippen LogP contribution in [-0.2, 0) is 0 Å². The van der Waals surface area contributed by atoms with Crippen LogP contribution in [0.1, 0.15) is 98.3 Å². The third-order valence-corrected chi connectivity index (χ3v) is 6.32. The number of carbonyl (C=O) groups excluding carboxylic acids is 1. The zero-order valence-corrected chi connectivity index (χ0v) is 24.5. The number of aldehydes is 1. The number of amidine groups is 1. The van der Waals surface area contributed by atoms with Crippen LogP contribution in [-0.4, -0.2) is 19.2 Å². The van der Waals surface area contributed by atoms with E-state index in [-0.39, 0.29) is 0 Å². The highest BCUT2D eigenvalue weighted by molar-refractivity contribution is 6.02. The molecule has 0 aromatic heterocycles. The Morgan fingerprint density at radius 2 is 1.63 bits per heavy atom. The molecule has 0 aliphatic rings. The number of nitrogens with one attached hydrogen (secondary N) is 1. The predicted octanol–water partition coefficient (Wildman–Crippen LogP) is 8.56. The number of hydrogen-bond acceptors (Lipinski definition) is 4. The first-order chi connectivity index (χ1) is 18.3. The summed E-state index contributed by atoms with van der Waals surface area (Å²) in [5, 5.41) is 3.36. The van der Waals surface area contributed by atoms with Gasteiger partial charge in [-0.15, -0.1) is 0 Å². The normalized spacial score (nSPS) is 11.4. The van der Waals surface area contributed by atoms with Crippen molar-refractivity contribution in [3.05, 3.63) is 88.5 Å². The van der Waals surface area contributed by atoms with E-state index < -0.39 is 0 Å². The van der Waals surface area contributed by atoms with Crippen LogP contribution in [0.15, 0.2) is 65.7 Å². The van der Waals surface area contributed by atoms with Crippen LogP contribution in [0, 0.1) is 13.8 Å². The zero-order chi connectivity index (χ0) is 28.5. The number of unbranched alkanes of at least 4 members (excludes halogenated alkanes) is 1. The van der Waals surface area contributed by atoms with Gasteiger partial charge in [-0.1, -0.05) is 88.9 Å². The van der Waals surface area contributed by atoms with Crippen LogP contribution in [0.4, 0.5) is 17.1 Å². The molecule has 0 aliphatic carbocycles. The molecule has 0 fully saturated rings. The fourth-order valence-corrected chi connectivity index (χ4v) is 4.23. The second-order valence-corrected chi connectivity index (χ2v) is 9.27. The third kappa shape index (κ3) is 10.4. The van der Waals surface area contributed by atoms with E-state index >= 15 is 0 Å². The first-order valence-electron chi connectivity index (χ1n) is 13.8. The number of aliphatic imine (C=N–C) groups is 1. The Morgan fingerprint density at radius 1 is 0.947 bits per heavy atom. The number of hydrogen-bond donors (Lipinski definition) is 3. The van der Waals surface area contributed by atoms with Gasteiger partial charge in [0.15, 0.2) is 0 Å². The number of nitrogens with zero attached hydrogens (tertiary/aromatic N) is 1. The minimum absolute atomic E-state index is 0.445. The van der Waals surface area contributed by atoms with Crippen LogP contribution in [0.3, 0.4) is 0 Å². The number of benzene rings is 3. The van der Waals surface area contributed by atoms with Crippen LogP contribution >= 0.6 is 0 Å². The lowest BCUT2D eigenvalue weighted by Gasteiger charge is -2.16. The topological polar surface area (TPSA) is 93.5 Å². The van der Waals surface area contributed by atoms with E-state index in [0.717, 1.165) is 28.8 Å². The molecule has 3 aromatic rings. The molecule has 38 heavy (non-hydrogen) atoms. The van der Waals surface area contributed by atoms with Crippen LogP contribution < -0.4 is 16.8 Å². The highest BCUT2D eigenvalue weighted by atomic mass is 16.1. The third-order valence-electron chi connectivity index (χ3n) is 6.32. The molecule has 0 saturated carbocycles. The van der Waals surface area contributed by atoms with E-state index in [2.05, 4.69) is 68.3 Å². The van der Waals surface area contributed by atoms with Gasteiger partial charge in [0.25, 0.3) is 0 Å². The lowest BCUT2D eigenvalue weighted by atomic mass is 9.89. The van der Waals surface area contributed by atoms with E-state index in [1.165, 1.54) is 48.8 Å². The highest BCUT2D eigenvalue weighted by Gasteiger charge is 2.10. The largest absolute Gasteiger partial charge is 0.398 e. The fraction of sp³-hybridized carbons (Fsp3) is 0.394. The Balaban J connectivity index is 0.000000365. The van der Waals surface area contributed by atoms with E-state index in [9.17, 15) is 4.79 Å². The second kappa shape index (κ2) is 17.8. The molecule has 5 nitrogen and oxygen atoms in total. The number of nitrogen functional groups attached to an aromatic ring is 1. The molecular weight excluding hydrogens is 468 g/mol. The van der Waals surface area contributed by atoms with Crippen molar-refractivity contribution >= 4 is 29.2 Å². The average molecular weight is 517 g/mol. The standard InChI is InChI=1S/C16H20N4.C15H22O.C2H6/c1-10-4-7-15(11(2)8-10)20-12-5-6-13(14(17)9-12)16(18)19-3;1-3-5-7-14(6-4-2)15-10-8-13(12-16)9-11-15;1-2/h4-9,20H,17H2,1-3H3,(H2,18,19);8-12,14H,3-7H2,1-2H3;1-2H3. The van der Waals surface area contributed by atoms with Gasteiger partial charge in [-0.2, -0.15) is 0 Å². The molecule has 0 aliphatic heterocycles. The van der Waals surface area contributed by atoms with Gasteiger partial charge >= 0.3 is 0 Å². The fourth-order valence-electron chi connectivity index (χ4n) is 4.23. The number of carbonyl (C=O) groups is 1. The molecule has 0 amide bonds. The minimum atomic E-state index is 0.445. The molecule has 3 aromatic carbocycles. The summed E-state index contributed by atoms with van der Waals surface area (Å²) in [6.07, 6.45) is 7.20. The molecule has 1 atom stereocenters. The Morgan fingerprint density at radius 3 is 2.16 bits per heavy atom. The van der Waals surface area contributed by atoms with Crippen LogP contribution in [0.25, 0.3) is 0 Å².